The average Bonchev–Trinajstić information content (AvgIpc) is 2.44. The number of rotatable bonds is 4. The molecule has 2 rings (SSSR count). The molecule has 0 unspecified atom stereocenters. The van der Waals surface area contributed by atoms with Crippen LogP contribution in [0.5, 0.6) is 0 Å². The van der Waals surface area contributed by atoms with Crippen LogP contribution in [-0.4, -0.2) is 19.6 Å². The Labute approximate surface area is 126 Å². The van der Waals surface area contributed by atoms with Crippen molar-refractivity contribution in [3.05, 3.63) is 42.7 Å². The van der Waals surface area contributed by atoms with E-state index in [0.717, 1.165) is 10.6 Å². The molecule has 2 aromatic rings. The Morgan fingerprint density at radius 1 is 0.955 bits per heavy atom. The van der Waals surface area contributed by atoms with Crippen LogP contribution in [0.1, 0.15) is 6.92 Å². The van der Waals surface area contributed by atoms with Crippen LogP contribution in [0.3, 0.4) is 0 Å². The minimum absolute atomic E-state index is 0.388. The van der Waals surface area contributed by atoms with Gasteiger partial charge < -0.3 is 19.6 Å². The third-order valence-electron chi connectivity index (χ3n) is 3.04. The fourth-order valence-electron chi connectivity index (χ4n) is 2.14. The quantitative estimate of drug-likeness (QED) is 0.411. The van der Waals surface area contributed by atoms with Crippen molar-refractivity contribution in [1.29, 1.82) is 0 Å². The van der Waals surface area contributed by atoms with Crippen LogP contribution < -0.4 is 19.9 Å². The molecule has 0 aliphatic carbocycles. The summed E-state index contributed by atoms with van der Waals surface area (Å²) in [6.07, 6.45) is 3.06. The second-order valence-corrected chi connectivity index (χ2v) is 7.60. The SMILES string of the molecule is CC[n+]1ccccc1-[n+]1cccc(P(=O)(O)O)c1P(=O)(O)O. The van der Waals surface area contributed by atoms with E-state index in [1.54, 1.807) is 29.0 Å². The lowest BCUT2D eigenvalue weighted by atomic mass is 10.4. The Morgan fingerprint density at radius 2 is 1.64 bits per heavy atom. The highest BCUT2D eigenvalue weighted by atomic mass is 31.2. The lowest BCUT2D eigenvalue weighted by Crippen LogP contribution is -2.59. The maximum atomic E-state index is 11.8. The number of aryl methyl sites for hydroxylation is 1. The van der Waals surface area contributed by atoms with Gasteiger partial charge in [0.05, 0.1) is 6.07 Å². The third kappa shape index (κ3) is 3.33. The Hall–Kier alpha value is -1.40. The van der Waals surface area contributed by atoms with Crippen LogP contribution in [0.4, 0.5) is 0 Å². The van der Waals surface area contributed by atoms with E-state index in [2.05, 4.69) is 0 Å². The van der Waals surface area contributed by atoms with Crippen molar-refractivity contribution in [2.45, 2.75) is 13.5 Å². The Balaban J connectivity index is 2.89. The van der Waals surface area contributed by atoms with Gasteiger partial charge in [0.25, 0.3) is 0 Å². The molecular weight excluding hydrogens is 330 g/mol. The second kappa shape index (κ2) is 6.01. The van der Waals surface area contributed by atoms with Crippen LogP contribution in [0.15, 0.2) is 42.7 Å². The molecule has 0 atom stereocenters. The van der Waals surface area contributed by atoms with E-state index in [0.29, 0.717) is 12.4 Å². The molecule has 0 saturated carbocycles. The van der Waals surface area contributed by atoms with Crippen molar-refractivity contribution in [2.24, 2.45) is 0 Å². The molecule has 0 aromatic carbocycles. The van der Waals surface area contributed by atoms with E-state index >= 15 is 0 Å². The van der Waals surface area contributed by atoms with E-state index < -0.39 is 25.9 Å². The van der Waals surface area contributed by atoms with Crippen molar-refractivity contribution in [2.75, 3.05) is 0 Å². The summed E-state index contributed by atoms with van der Waals surface area (Å²) in [6.45, 7) is 2.36. The molecule has 2 aromatic heterocycles. The van der Waals surface area contributed by atoms with Crippen LogP contribution in [0.25, 0.3) is 5.82 Å². The zero-order valence-corrected chi connectivity index (χ0v) is 13.4. The van der Waals surface area contributed by atoms with Crippen LogP contribution >= 0.6 is 15.2 Å². The van der Waals surface area contributed by atoms with Crippen molar-refractivity contribution in [1.82, 2.24) is 0 Å². The van der Waals surface area contributed by atoms with E-state index in [-0.39, 0.29) is 0 Å². The zero-order valence-electron chi connectivity index (χ0n) is 11.6. The van der Waals surface area contributed by atoms with Gasteiger partial charge >= 0.3 is 26.4 Å². The number of aromatic nitrogens is 2. The maximum absolute atomic E-state index is 11.8. The van der Waals surface area contributed by atoms with Crippen LogP contribution in [-0.2, 0) is 15.7 Å². The van der Waals surface area contributed by atoms with Crippen LogP contribution in [0.2, 0.25) is 0 Å². The summed E-state index contributed by atoms with van der Waals surface area (Å²) in [7, 11) is -9.77. The molecule has 4 N–H and O–H groups in total. The molecule has 22 heavy (non-hydrogen) atoms. The van der Waals surface area contributed by atoms with Gasteiger partial charge in [0.2, 0.25) is 0 Å². The lowest BCUT2D eigenvalue weighted by Gasteiger charge is -2.09. The molecule has 118 valence electrons. The smallest absolute Gasteiger partial charge is 0.321 e. The summed E-state index contributed by atoms with van der Waals surface area (Å²) < 4.78 is 26.2. The Bertz CT molecular complexity index is 798. The summed E-state index contributed by atoms with van der Waals surface area (Å²) >= 11 is 0. The fourth-order valence-corrected chi connectivity index (χ4v) is 4.40. The standard InChI is InChI=1S/C12H14N2O6P2/c1-2-13-8-4-3-7-11(13)14-9-5-6-10(21(15,16)17)12(14)22(18,19)20/h3-9H,2H2,1H3,(H2-2,15,16,17,18,19,20)/p+2. The molecule has 8 nitrogen and oxygen atoms in total. The molecule has 0 radical (unpaired) electrons. The summed E-state index contributed by atoms with van der Waals surface area (Å²) in [6, 6.07) is 7.37. The van der Waals surface area contributed by atoms with Gasteiger partial charge in [0, 0.05) is 12.1 Å². The third-order valence-corrected chi connectivity index (χ3v) is 5.21. The lowest BCUT2D eigenvalue weighted by molar-refractivity contribution is -0.784. The van der Waals surface area contributed by atoms with E-state index in [9.17, 15) is 28.7 Å². The number of pyridine rings is 2. The Morgan fingerprint density at radius 3 is 2.18 bits per heavy atom. The van der Waals surface area contributed by atoms with Gasteiger partial charge in [-0.15, -0.1) is 4.57 Å². The van der Waals surface area contributed by atoms with Gasteiger partial charge in [-0.3, -0.25) is 4.57 Å². The number of nitrogens with zero attached hydrogens (tertiary/aromatic N) is 2. The molecule has 0 bridgehead atoms. The van der Waals surface area contributed by atoms with Gasteiger partial charge in [0.1, 0.15) is 5.30 Å². The van der Waals surface area contributed by atoms with Crippen molar-refractivity contribution >= 4 is 25.9 Å². The molecule has 10 heteroatoms. The molecule has 2 heterocycles. The monoisotopic (exact) mass is 346 g/mol. The Kier molecular flexibility index (Phi) is 4.63. The molecule has 0 aliphatic rings. The molecule has 0 aliphatic heterocycles. The van der Waals surface area contributed by atoms with Gasteiger partial charge in [-0.25, -0.2) is 4.57 Å². The first-order valence-electron chi connectivity index (χ1n) is 6.32. The molecule has 0 amide bonds. The highest BCUT2D eigenvalue weighted by Gasteiger charge is 2.42. The average molecular weight is 346 g/mol. The van der Waals surface area contributed by atoms with Gasteiger partial charge in [-0.2, -0.15) is 0 Å². The minimum atomic E-state index is -4.93. The summed E-state index contributed by atoms with van der Waals surface area (Å²) in [5.41, 5.74) is -0.711. The minimum Gasteiger partial charge on any atom is -0.321 e. The van der Waals surface area contributed by atoms with Crippen LogP contribution in [0, 0.1) is 0 Å². The molecular formula is C12H16N2O6P2+2. The fraction of sp³-hybridized carbons (Fsp3) is 0.167. The highest BCUT2D eigenvalue weighted by molar-refractivity contribution is 7.66. The van der Waals surface area contributed by atoms with Gasteiger partial charge in [0.15, 0.2) is 18.9 Å². The summed E-state index contributed by atoms with van der Waals surface area (Å²) in [5.74, 6) is 0.388. The van der Waals surface area contributed by atoms with E-state index in [1.165, 1.54) is 12.3 Å². The predicted octanol–water partition coefficient (Wildman–Crippen LogP) is -1.12. The number of hydrogen-bond acceptors (Lipinski definition) is 2. The second-order valence-electron chi connectivity index (χ2n) is 4.52. The normalized spacial score (nSPS) is 12.4. The first kappa shape index (κ1) is 17.0. The summed E-state index contributed by atoms with van der Waals surface area (Å²) in [5, 5.41) is -0.685. The molecule has 0 saturated heterocycles. The zero-order chi connectivity index (χ0) is 16.5. The van der Waals surface area contributed by atoms with Gasteiger partial charge in [-0.1, -0.05) is 4.57 Å². The molecule has 0 fully saturated rings. The highest BCUT2D eigenvalue weighted by Crippen LogP contribution is 2.38. The van der Waals surface area contributed by atoms with E-state index in [4.69, 9.17) is 0 Å². The number of hydrogen-bond donors (Lipinski definition) is 4. The predicted molar refractivity (Wildman–Crippen MR) is 77.2 cm³/mol. The van der Waals surface area contributed by atoms with Gasteiger partial charge in [-0.05, 0) is 19.1 Å². The topological polar surface area (TPSA) is 123 Å². The van der Waals surface area contributed by atoms with Crippen molar-refractivity contribution < 1.29 is 37.8 Å². The first-order valence-corrected chi connectivity index (χ1v) is 9.54. The summed E-state index contributed by atoms with van der Waals surface area (Å²) in [4.78, 5) is 37.9. The molecule has 0 spiro atoms. The van der Waals surface area contributed by atoms with Crippen molar-refractivity contribution in [3.63, 3.8) is 0 Å². The maximum Gasteiger partial charge on any atom is 0.449 e. The van der Waals surface area contributed by atoms with Crippen molar-refractivity contribution in [3.8, 4) is 5.82 Å². The first-order chi connectivity index (χ1) is 10.2. The van der Waals surface area contributed by atoms with E-state index in [1.807, 2.05) is 6.92 Å². The largest absolute Gasteiger partial charge is 0.449 e.